The van der Waals surface area contributed by atoms with E-state index in [9.17, 15) is 4.79 Å². The van der Waals surface area contributed by atoms with Crippen molar-refractivity contribution in [2.45, 2.75) is 12.8 Å². The van der Waals surface area contributed by atoms with Gasteiger partial charge in [-0.15, -0.1) is 0 Å². The van der Waals surface area contributed by atoms with Crippen LogP contribution in [0.1, 0.15) is 12.0 Å². The highest BCUT2D eigenvalue weighted by atomic mass is 16.5. The van der Waals surface area contributed by atoms with Gasteiger partial charge in [0.25, 0.3) is 0 Å². The predicted molar refractivity (Wildman–Crippen MR) is 79.8 cm³/mol. The molecule has 0 bridgehead atoms. The maximum absolute atomic E-state index is 11.9. The fourth-order valence-electron chi connectivity index (χ4n) is 2.73. The zero-order valence-electron chi connectivity index (χ0n) is 12.9. The van der Waals surface area contributed by atoms with Crippen molar-refractivity contribution < 1.29 is 19.0 Å². The second kappa shape index (κ2) is 7.31. The topological polar surface area (TPSA) is 48.0 Å². The van der Waals surface area contributed by atoms with Crippen molar-refractivity contribution in [2.75, 3.05) is 41.0 Å². The van der Waals surface area contributed by atoms with E-state index in [0.717, 1.165) is 30.0 Å². The van der Waals surface area contributed by atoms with Gasteiger partial charge in [-0.3, -0.25) is 4.79 Å². The van der Waals surface area contributed by atoms with Gasteiger partial charge in [-0.1, -0.05) is 0 Å². The molecule has 21 heavy (non-hydrogen) atoms. The molecule has 2 rings (SSSR count). The largest absolute Gasteiger partial charge is 0.497 e. The Kier molecular flexibility index (Phi) is 5.44. The SMILES string of the molecule is COCCN1C[C@@H](Cc2cc(OC)cc(OC)c2)CC1=O. The molecule has 0 saturated carbocycles. The van der Waals surface area contributed by atoms with Crippen LogP contribution in [0.15, 0.2) is 18.2 Å². The third-order valence-electron chi connectivity index (χ3n) is 3.80. The van der Waals surface area contributed by atoms with E-state index in [4.69, 9.17) is 14.2 Å². The summed E-state index contributed by atoms with van der Waals surface area (Å²) in [7, 11) is 4.94. The van der Waals surface area contributed by atoms with Gasteiger partial charge in [0.05, 0.1) is 20.8 Å². The van der Waals surface area contributed by atoms with Crippen LogP contribution >= 0.6 is 0 Å². The minimum Gasteiger partial charge on any atom is -0.497 e. The van der Waals surface area contributed by atoms with Gasteiger partial charge < -0.3 is 19.1 Å². The molecule has 5 heteroatoms. The molecule has 0 unspecified atom stereocenters. The lowest BCUT2D eigenvalue weighted by molar-refractivity contribution is -0.128. The van der Waals surface area contributed by atoms with Crippen LogP contribution in [0.4, 0.5) is 0 Å². The number of amides is 1. The van der Waals surface area contributed by atoms with Gasteiger partial charge in [-0.05, 0) is 30.0 Å². The van der Waals surface area contributed by atoms with Gasteiger partial charge in [0.15, 0.2) is 0 Å². The van der Waals surface area contributed by atoms with Gasteiger partial charge in [0.2, 0.25) is 5.91 Å². The summed E-state index contributed by atoms with van der Waals surface area (Å²) in [6.07, 6.45) is 1.45. The first-order chi connectivity index (χ1) is 10.2. The normalized spacial score (nSPS) is 18.1. The van der Waals surface area contributed by atoms with Crippen LogP contribution in [0.2, 0.25) is 0 Å². The molecule has 1 aliphatic heterocycles. The Morgan fingerprint density at radius 2 is 1.81 bits per heavy atom. The quantitative estimate of drug-likeness (QED) is 0.768. The van der Waals surface area contributed by atoms with Crippen molar-refractivity contribution in [3.8, 4) is 11.5 Å². The first-order valence-corrected chi connectivity index (χ1v) is 7.15. The number of carbonyl (C=O) groups excluding carboxylic acids is 1. The van der Waals surface area contributed by atoms with Gasteiger partial charge >= 0.3 is 0 Å². The monoisotopic (exact) mass is 293 g/mol. The standard InChI is InChI=1S/C16H23NO4/c1-19-5-4-17-11-13(9-16(17)18)6-12-7-14(20-2)10-15(8-12)21-3/h7-8,10,13H,4-6,9,11H2,1-3H3/t13-/m0/s1. The first kappa shape index (κ1) is 15.6. The lowest BCUT2D eigenvalue weighted by Gasteiger charge is -2.16. The summed E-state index contributed by atoms with van der Waals surface area (Å²) in [6, 6.07) is 5.86. The minimum absolute atomic E-state index is 0.215. The summed E-state index contributed by atoms with van der Waals surface area (Å²) in [5.74, 6) is 2.12. The molecule has 0 aliphatic carbocycles. The zero-order chi connectivity index (χ0) is 15.2. The Labute approximate surface area is 125 Å². The number of benzene rings is 1. The summed E-state index contributed by atoms with van der Waals surface area (Å²) in [5, 5.41) is 0. The summed E-state index contributed by atoms with van der Waals surface area (Å²) in [6.45, 7) is 2.06. The second-order valence-electron chi connectivity index (χ2n) is 5.33. The van der Waals surface area contributed by atoms with E-state index < -0.39 is 0 Å². The summed E-state index contributed by atoms with van der Waals surface area (Å²) < 4.78 is 15.6. The van der Waals surface area contributed by atoms with Crippen molar-refractivity contribution in [1.82, 2.24) is 4.90 Å². The van der Waals surface area contributed by atoms with Crippen molar-refractivity contribution in [1.29, 1.82) is 0 Å². The minimum atomic E-state index is 0.215. The van der Waals surface area contributed by atoms with Crippen molar-refractivity contribution in [2.24, 2.45) is 5.92 Å². The number of hydrogen-bond donors (Lipinski definition) is 0. The Balaban J connectivity index is 2.00. The highest BCUT2D eigenvalue weighted by molar-refractivity contribution is 5.78. The first-order valence-electron chi connectivity index (χ1n) is 7.15. The summed E-state index contributed by atoms with van der Waals surface area (Å²) in [5.41, 5.74) is 1.14. The summed E-state index contributed by atoms with van der Waals surface area (Å²) in [4.78, 5) is 13.8. The molecule has 0 radical (unpaired) electrons. The number of hydrogen-bond acceptors (Lipinski definition) is 4. The van der Waals surface area contributed by atoms with Gasteiger partial charge in [0.1, 0.15) is 11.5 Å². The molecule has 5 nitrogen and oxygen atoms in total. The highest BCUT2D eigenvalue weighted by Crippen LogP contribution is 2.27. The highest BCUT2D eigenvalue weighted by Gasteiger charge is 2.29. The molecule has 1 aliphatic rings. The van der Waals surface area contributed by atoms with E-state index in [1.54, 1.807) is 21.3 Å². The van der Waals surface area contributed by atoms with Crippen molar-refractivity contribution in [3.63, 3.8) is 0 Å². The Morgan fingerprint density at radius 1 is 1.14 bits per heavy atom. The number of methoxy groups -OCH3 is 3. The third-order valence-corrected chi connectivity index (χ3v) is 3.80. The average Bonchev–Trinajstić information content (AvgIpc) is 2.84. The molecule has 0 spiro atoms. The fourth-order valence-corrected chi connectivity index (χ4v) is 2.73. The number of ether oxygens (including phenoxy) is 3. The van der Waals surface area contributed by atoms with Crippen molar-refractivity contribution in [3.05, 3.63) is 23.8 Å². The molecule has 1 aromatic carbocycles. The number of rotatable bonds is 7. The lowest BCUT2D eigenvalue weighted by atomic mass is 9.98. The van der Waals surface area contributed by atoms with E-state index in [1.165, 1.54) is 0 Å². The molecule has 0 N–H and O–H groups in total. The van der Waals surface area contributed by atoms with Crippen LogP contribution in [-0.2, 0) is 16.0 Å². The molecular formula is C16H23NO4. The number of carbonyl (C=O) groups is 1. The van der Waals surface area contributed by atoms with E-state index in [2.05, 4.69) is 0 Å². The molecular weight excluding hydrogens is 270 g/mol. The van der Waals surface area contributed by atoms with Crippen LogP contribution in [0.3, 0.4) is 0 Å². The van der Waals surface area contributed by atoms with E-state index >= 15 is 0 Å². The number of likely N-dealkylation sites (tertiary alicyclic amines) is 1. The Morgan fingerprint density at radius 3 is 2.38 bits per heavy atom. The zero-order valence-corrected chi connectivity index (χ0v) is 12.9. The van der Waals surface area contributed by atoms with Crippen LogP contribution in [0, 0.1) is 5.92 Å². The van der Waals surface area contributed by atoms with E-state index in [0.29, 0.717) is 25.5 Å². The van der Waals surface area contributed by atoms with Crippen LogP contribution in [0.5, 0.6) is 11.5 Å². The molecule has 116 valence electrons. The Bertz CT molecular complexity index is 467. The number of nitrogens with zero attached hydrogens (tertiary/aromatic N) is 1. The maximum atomic E-state index is 11.9. The van der Waals surface area contributed by atoms with E-state index in [-0.39, 0.29) is 5.91 Å². The molecule has 1 atom stereocenters. The maximum Gasteiger partial charge on any atom is 0.223 e. The average molecular weight is 293 g/mol. The van der Waals surface area contributed by atoms with E-state index in [1.807, 2.05) is 23.1 Å². The fraction of sp³-hybridized carbons (Fsp3) is 0.562. The molecule has 1 aromatic rings. The molecule has 0 aromatic heterocycles. The smallest absolute Gasteiger partial charge is 0.223 e. The lowest BCUT2D eigenvalue weighted by Crippen LogP contribution is -2.28. The van der Waals surface area contributed by atoms with Crippen LogP contribution in [-0.4, -0.2) is 51.8 Å². The molecule has 1 fully saturated rings. The van der Waals surface area contributed by atoms with Gasteiger partial charge in [-0.2, -0.15) is 0 Å². The molecule has 1 heterocycles. The molecule has 1 saturated heterocycles. The Hall–Kier alpha value is -1.75. The predicted octanol–water partition coefficient (Wildman–Crippen LogP) is 1.74. The van der Waals surface area contributed by atoms with Crippen molar-refractivity contribution >= 4 is 5.91 Å². The van der Waals surface area contributed by atoms with Crippen LogP contribution in [0.25, 0.3) is 0 Å². The third kappa shape index (κ3) is 4.11. The summed E-state index contributed by atoms with van der Waals surface area (Å²) >= 11 is 0. The van der Waals surface area contributed by atoms with Gasteiger partial charge in [0, 0.05) is 32.7 Å². The van der Waals surface area contributed by atoms with Gasteiger partial charge in [-0.25, -0.2) is 0 Å². The second-order valence-corrected chi connectivity index (χ2v) is 5.33. The molecule has 1 amide bonds. The van der Waals surface area contributed by atoms with Crippen LogP contribution < -0.4 is 9.47 Å².